The Morgan fingerprint density at radius 2 is 2.00 bits per heavy atom. The number of fused-ring (bicyclic) bond motifs is 1. The van der Waals surface area contributed by atoms with E-state index in [2.05, 4.69) is 5.32 Å². The van der Waals surface area contributed by atoms with Crippen molar-refractivity contribution in [1.29, 1.82) is 0 Å². The van der Waals surface area contributed by atoms with Gasteiger partial charge >= 0.3 is 0 Å². The first kappa shape index (κ1) is 20.1. The van der Waals surface area contributed by atoms with E-state index in [0.29, 0.717) is 30.9 Å². The van der Waals surface area contributed by atoms with E-state index in [-0.39, 0.29) is 35.9 Å². The van der Waals surface area contributed by atoms with Crippen LogP contribution in [0.25, 0.3) is 0 Å². The number of aryl methyl sites for hydroxylation is 1. The lowest BCUT2D eigenvalue weighted by Gasteiger charge is -2.17. The number of carbonyl (C=O) groups is 3. The third-order valence-corrected chi connectivity index (χ3v) is 5.29. The fourth-order valence-electron chi connectivity index (χ4n) is 3.73. The molecule has 7 nitrogen and oxygen atoms in total. The zero-order valence-electron chi connectivity index (χ0n) is 16.8. The standard InChI is InChI=1S/C23H24N2O5/c1-15-4-2-5-17(12-15)30-11-9-24-21(26)16-7-8-19-20(13-16)23(28)25(22(19)27)14-18-6-3-10-29-18/h2,4-5,7-8,12-13,18H,3,6,9-11,14H2,1H3,(H,24,26). The van der Waals surface area contributed by atoms with Crippen molar-refractivity contribution < 1.29 is 23.9 Å². The van der Waals surface area contributed by atoms with E-state index < -0.39 is 0 Å². The van der Waals surface area contributed by atoms with Gasteiger partial charge in [-0.25, -0.2) is 0 Å². The van der Waals surface area contributed by atoms with Crippen LogP contribution >= 0.6 is 0 Å². The molecule has 0 aliphatic carbocycles. The van der Waals surface area contributed by atoms with Gasteiger partial charge in [-0.3, -0.25) is 19.3 Å². The summed E-state index contributed by atoms with van der Waals surface area (Å²) in [6.45, 7) is 3.54. The molecule has 2 aliphatic rings. The molecule has 156 valence electrons. The molecule has 0 saturated carbocycles. The van der Waals surface area contributed by atoms with E-state index in [9.17, 15) is 14.4 Å². The van der Waals surface area contributed by atoms with Gasteiger partial charge in [-0.1, -0.05) is 12.1 Å². The van der Waals surface area contributed by atoms with Crippen molar-refractivity contribution in [2.24, 2.45) is 0 Å². The number of rotatable bonds is 7. The van der Waals surface area contributed by atoms with Crippen molar-refractivity contribution >= 4 is 17.7 Å². The quantitative estimate of drug-likeness (QED) is 0.562. The summed E-state index contributed by atoms with van der Waals surface area (Å²) in [4.78, 5) is 39.0. The smallest absolute Gasteiger partial charge is 0.261 e. The molecule has 0 aromatic heterocycles. The highest BCUT2D eigenvalue weighted by Gasteiger charge is 2.37. The topological polar surface area (TPSA) is 84.9 Å². The van der Waals surface area contributed by atoms with Gasteiger partial charge in [-0.2, -0.15) is 0 Å². The van der Waals surface area contributed by atoms with Crippen LogP contribution in [0.15, 0.2) is 42.5 Å². The lowest BCUT2D eigenvalue weighted by Crippen LogP contribution is -2.36. The number of hydrogen-bond donors (Lipinski definition) is 1. The minimum atomic E-state index is -0.372. The van der Waals surface area contributed by atoms with Crippen LogP contribution in [-0.2, 0) is 4.74 Å². The van der Waals surface area contributed by atoms with Crippen LogP contribution in [0.3, 0.4) is 0 Å². The minimum absolute atomic E-state index is 0.108. The van der Waals surface area contributed by atoms with Crippen molar-refractivity contribution in [3.8, 4) is 5.75 Å². The lowest BCUT2D eigenvalue weighted by molar-refractivity contribution is 0.0475. The molecule has 30 heavy (non-hydrogen) atoms. The number of carbonyl (C=O) groups excluding carboxylic acids is 3. The molecule has 4 rings (SSSR count). The molecule has 7 heteroatoms. The second kappa shape index (κ2) is 8.67. The molecule has 0 bridgehead atoms. The molecule has 2 aliphatic heterocycles. The first-order valence-electron chi connectivity index (χ1n) is 10.1. The minimum Gasteiger partial charge on any atom is -0.492 e. The second-order valence-electron chi connectivity index (χ2n) is 7.54. The van der Waals surface area contributed by atoms with Crippen LogP contribution in [0.4, 0.5) is 0 Å². The largest absolute Gasteiger partial charge is 0.492 e. The monoisotopic (exact) mass is 408 g/mol. The highest BCUT2D eigenvalue weighted by atomic mass is 16.5. The molecular weight excluding hydrogens is 384 g/mol. The Morgan fingerprint density at radius 1 is 1.17 bits per heavy atom. The lowest BCUT2D eigenvalue weighted by atomic mass is 10.1. The Labute approximate surface area is 175 Å². The van der Waals surface area contributed by atoms with E-state index in [1.165, 1.54) is 11.0 Å². The molecular formula is C23H24N2O5. The van der Waals surface area contributed by atoms with E-state index in [1.54, 1.807) is 12.1 Å². The fourth-order valence-corrected chi connectivity index (χ4v) is 3.73. The van der Waals surface area contributed by atoms with Crippen LogP contribution in [0.2, 0.25) is 0 Å². The zero-order chi connectivity index (χ0) is 21.1. The Bertz CT molecular complexity index is 981. The number of nitrogens with one attached hydrogen (secondary N) is 1. The first-order valence-corrected chi connectivity index (χ1v) is 10.1. The van der Waals surface area contributed by atoms with Gasteiger partial charge < -0.3 is 14.8 Å². The van der Waals surface area contributed by atoms with Crippen molar-refractivity contribution in [2.75, 3.05) is 26.3 Å². The van der Waals surface area contributed by atoms with Crippen LogP contribution in [-0.4, -0.2) is 55.0 Å². The van der Waals surface area contributed by atoms with Crippen LogP contribution < -0.4 is 10.1 Å². The summed E-state index contributed by atoms with van der Waals surface area (Å²) in [6.07, 6.45) is 1.67. The maximum absolute atomic E-state index is 12.7. The van der Waals surface area contributed by atoms with Crippen LogP contribution in [0, 0.1) is 6.92 Å². The van der Waals surface area contributed by atoms with Gasteiger partial charge in [0.2, 0.25) is 0 Å². The summed E-state index contributed by atoms with van der Waals surface area (Å²) >= 11 is 0. The average Bonchev–Trinajstić information content (AvgIpc) is 3.34. The highest BCUT2D eigenvalue weighted by Crippen LogP contribution is 2.26. The summed E-state index contributed by atoms with van der Waals surface area (Å²) in [6, 6.07) is 12.3. The van der Waals surface area contributed by atoms with Gasteiger partial charge in [-0.15, -0.1) is 0 Å². The molecule has 1 saturated heterocycles. The molecule has 0 spiro atoms. The Morgan fingerprint density at radius 3 is 2.77 bits per heavy atom. The third-order valence-electron chi connectivity index (χ3n) is 5.29. The van der Waals surface area contributed by atoms with E-state index in [0.717, 1.165) is 24.2 Å². The van der Waals surface area contributed by atoms with Gasteiger partial charge in [0.05, 0.1) is 30.3 Å². The van der Waals surface area contributed by atoms with Crippen molar-refractivity contribution in [2.45, 2.75) is 25.9 Å². The molecule has 1 N–H and O–H groups in total. The number of hydrogen-bond acceptors (Lipinski definition) is 5. The van der Waals surface area contributed by atoms with Gasteiger partial charge in [-0.05, 0) is 55.7 Å². The predicted molar refractivity (Wildman–Crippen MR) is 110 cm³/mol. The Kier molecular flexibility index (Phi) is 5.81. The van der Waals surface area contributed by atoms with Crippen molar-refractivity contribution in [3.63, 3.8) is 0 Å². The summed E-state index contributed by atoms with van der Waals surface area (Å²) < 4.78 is 11.2. The molecule has 1 atom stereocenters. The summed E-state index contributed by atoms with van der Waals surface area (Å²) in [7, 11) is 0. The summed E-state index contributed by atoms with van der Waals surface area (Å²) in [5, 5.41) is 2.78. The fraction of sp³-hybridized carbons (Fsp3) is 0.348. The molecule has 3 amide bonds. The van der Waals surface area contributed by atoms with Crippen molar-refractivity contribution in [1.82, 2.24) is 10.2 Å². The first-order chi connectivity index (χ1) is 14.5. The SMILES string of the molecule is Cc1cccc(OCCNC(=O)c2ccc3c(c2)C(=O)N(CC2CCCO2)C3=O)c1. The number of imide groups is 1. The molecule has 2 aromatic carbocycles. The Balaban J connectivity index is 1.35. The third kappa shape index (κ3) is 4.21. The molecule has 0 radical (unpaired) electrons. The average molecular weight is 408 g/mol. The van der Waals surface area contributed by atoms with E-state index in [4.69, 9.17) is 9.47 Å². The molecule has 1 fully saturated rings. The predicted octanol–water partition coefficient (Wildman–Crippen LogP) is 2.58. The molecule has 1 unspecified atom stereocenters. The summed E-state index contributed by atoms with van der Waals surface area (Å²) in [5.41, 5.74) is 2.03. The number of amides is 3. The highest BCUT2D eigenvalue weighted by molar-refractivity contribution is 6.22. The van der Waals surface area contributed by atoms with Gasteiger partial charge in [0.1, 0.15) is 12.4 Å². The molecule has 2 aromatic rings. The maximum atomic E-state index is 12.7. The van der Waals surface area contributed by atoms with Crippen LogP contribution in [0.1, 0.15) is 49.5 Å². The summed E-state index contributed by atoms with van der Waals surface area (Å²) in [5.74, 6) is -0.271. The normalized spacial score (nSPS) is 17.9. The maximum Gasteiger partial charge on any atom is 0.261 e. The number of benzene rings is 2. The van der Waals surface area contributed by atoms with E-state index in [1.807, 2.05) is 31.2 Å². The Hall–Kier alpha value is -3.19. The van der Waals surface area contributed by atoms with E-state index >= 15 is 0 Å². The van der Waals surface area contributed by atoms with Gasteiger partial charge in [0.25, 0.3) is 17.7 Å². The van der Waals surface area contributed by atoms with Crippen LogP contribution in [0.5, 0.6) is 5.75 Å². The molecule has 2 heterocycles. The van der Waals surface area contributed by atoms with Crippen molar-refractivity contribution in [3.05, 3.63) is 64.7 Å². The zero-order valence-corrected chi connectivity index (χ0v) is 16.8. The van der Waals surface area contributed by atoms with Gasteiger partial charge in [0.15, 0.2) is 0 Å². The number of nitrogens with zero attached hydrogens (tertiary/aromatic N) is 1. The van der Waals surface area contributed by atoms with Gasteiger partial charge in [0, 0.05) is 12.2 Å². The number of ether oxygens (including phenoxy) is 2. The second-order valence-corrected chi connectivity index (χ2v) is 7.54.